The van der Waals surface area contributed by atoms with Crippen LogP contribution in [0.1, 0.15) is 28.8 Å². The van der Waals surface area contributed by atoms with E-state index in [2.05, 4.69) is 10.3 Å². The number of amides is 1. The van der Waals surface area contributed by atoms with Crippen LogP contribution in [-0.2, 0) is 10.9 Å². The summed E-state index contributed by atoms with van der Waals surface area (Å²) >= 11 is 0. The van der Waals surface area contributed by atoms with Crippen molar-refractivity contribution in [1.29, 1.82) is 0 Å². The van der Waals surface area contributed by atoms with Crippen molar-refractivity contribution in [2.24, 2.45) is 5.92 Å². The number of nitrogens with one attached hydrogen (secondary N) is 1. The van der Waals surface area contributed by atoms with Crippen molar-refractivity contribution in [3.63, 3.8) is 0 Å². The molecule has 1 N–H and O–H groups in total. The number of halogens is 4. The number of aromatic nitrogens is 1. The minimum Gasteiger partial charge on any atom is -0.381 e. The average Bonchev–Trinajstić information content (AvgIpc) is 2.66. The Morgan fingerprint density at radius 2 is 1.96 bits per heavy atom. The fraction of sp³-hybridized carbons (Fsp3) is 0.368. The molecule has 0 radical (unpaired) electrons. The minimum absolute atomic E-state index is 0.0530. The summed E-state index contributed by atoms with van der Waals surface area (Å²) in [5, 5.41) is 2.56. The number of rotatable bonds is 4. The summed E-state index contributed by atoms with van der Waals surface area (Å²) in [5.41, 5.74) is -1.49. The largest absolute Gasteiger partial charge is 0.417 e. The second-order valence-electron chi connectivity index (χ2n) is 6.39. The van der Waals surface area contributed by atoms with Crippen LogP contribution < -0.4 is 5.32 Å². The Labute approximate surface area is 153 Å². The molecule has 0 unspecified atom stereocenters. The van der Waals surface area contributed by atoms with Gasteiger partial charge < -0.3 is 10.1 Å². The van der Waals surface area contributed by atoms with E-state index in [4.69, 9.17) is 4.74 Å². The highest BCUT2D eigenvalue weighted by Crippen LogP contribution is 2.34. The summed E-state index contributed by atoms with van der Waals surface area (Å²) in [5.74, 6) is -1.23. The number of alkyl halides is 3. The Hall–Kier alpha value is -2.48. The SMILES string of the molecule is O=C(NCC1CCOCC1)c1cnc(-c2cccc(F)c2)cc1C(F)(F)F. The molecule has 0 bridgehead atoms. The van der Waals surface area contributed by atoms with E-state index in [-0.39, 0.29) is 23.7 Å². The van der Waals surface area contributed by atoms with Crippen LogP contribution in [0.15, 0.2) is 36.5 Å². The highest BCUT2D eigenvalue weighted by Gasteiger charge is 2.36. The van der Waals surface area contributed by atoms with Crippen molar-refractivity contribution in [2.75, 3.05) is 19.8 Å². The monoisotopic (exact) mass is 382 g/mol. The number of nitrogens with zero attached hydrogens (tertiary/aromatic N) is 1. The van der Waals surface area contributed by atoms with Gasteiger partial charge in [-0.25, -0.2) is 4.39 Å². The Bertz CT molecular complexity index is 818. The van der Waals surface area contributed by atoms with Crippen LogP contribution in [0.4, 0.5) is 17.6 Å². The summed E-state index contributed by atoms with van der Waals surface area (Å²) in [4.78, 5) is 16.2. The van der Waals surface area contributed by atoms with Crippen LogP contribution in [0.25, 0.3) is 11.3 Å². The lowest BCUT2D eigenvalue weighted by Crippen LogP contribution is -2.33. The summed E-state index contributed by atoms with van der Waals surface area (Å²) in [6, 6.07) is 5.89. The zero-order valence-electron chi connectivity index (χ0n) is 14.4. The molecule has 0 spiro atoms. The highest BCUT2D eigenvalue weighted by molar-refractivity contribution is 5.96. The van der Waals surface area contributed by atoms with E-state index in [1.54, 1.807) is 0 Å². The van der Waals surface area contributed by atoms with Crippen molar-refractivity contribution in [3.05, 3.63) is 53.5 Å². The standard InChI is InChI=1S/C19H18F4N2O2/c20-14-3-1-2-13(8-14)17-9-16(19(21,22)23)15(11-24-17)18(26)25-10-12-4-6-27-7-5-12/h1-3,8-9,11-12H,4-7,10H2,(H,25,26). The molecule has 1 saturated heterocycles. The molecule has 2 aromatic rings. The van der Waals surface area contributed by atoms with Crippen molar-refractivity contribution in [2.45, 2.75) is 19.0 Å². The van der Waals surface area contributed by atoms with Crippen LogP contribution in [0.2, 0.25) is 0 Å². The maximum absolute atomic E-state index is 13.5. The van der Waals surface area contributed by atoms with Gasteiger partial charge in [0, 0.05) is 31.5 Å². The molecular formula is C19H18F4N2O2. The van der Waals surface area contributed by atoms with Gasteiger partial charge in [-0.3, -0.25) is 9.78 Å². The van der Waals surface area contributed by atoms with E-state index in [9.17, 15) is 22.4 Å². The van der Waals surface area contributed by atoms with Gasteiger partial charge in [0.1, 0.15) is 5.82 Å². The number of pyridine rings is 1. The van der Waals surface area contributed by atoms with E-state index >= 15 is 0 Å². The molecule has 1 amide bonds. The first-order chi connectivity index (χ1) is 12.8. The third kappa shape index (κ3) is 4.82. The van der Waals surface area contributed by atoms with Crippen molar-refractivity contribution in [3.8, 4) is 11.3 Å². The van der Waals surface area contributed by atoms with Gasteiger partial charge in [0.2, 0.25) is 0 Å². The van der Waals surface area contributed by atoms with Crippen LogP contribution in [0.5, 0.6) is 0 Å². The topological polar surface area (TPSA) is 51.2 Å². The Kier molecular flexibility index (Phi) is 5.74. The second kappa shape index (κ2) is 8.04. The van der Waals surface area contributed by atoms with Crippen molar-refractivity contribution >= 4 is 5.91 Å². The fourth-order valence-corrected chi connectivity index (χ4v) is 2.96. The number of carbonyl (C=O) groups is 1. The quantitative estimate of drug-likeness (QED) is 0.812. The van der Waals surface area contributed by atoms with Crippen molar-refractivity contribution < 1.29 is 27.1 Å². The molecule has 2 heterocycles. The smallest absolute Gasteiger partial charge is 0.381 e. The highest BCUT2D eigenvalue weighted by atomic mass is 19.4. The lowest BCUT2D eigenvalue weighted by molar-refractivity contribution is -0.138. The van der Waals surface area contributed by atoms with E-state index in [1.807, 2.05) is 0 Å². The van der Waals surface area contributed by atoms with Gasteiger partial charge in [-0.05, 0) is 37.0 Å². The van der Waals surface area contributed by atoms with Crippen molar-refractivity contribution in [1.82, 2.24) is 10.3 Å². The number of ether oxygens (including phenoxy) is 1. The van der Waals surface area contributed by atoms with Gasteiger partial charge in [0.05, 0.1) is 16.8 Å². The summed E-state index contributed by atoms with van der Waals surface area (Å²) < 4.78 is 59.0. The first kappa shape index (κ1) is 19.3. The van der Waals surface area contributed by atoms with Gasteiger partial charge in [-0.1, -0.05) is 12.1 Å². The fourth-order valence-electron chi connectivity index (χ4n) is 2.96. The predicted octanol–water partition coefficient (Wildman–Crippen LogP) is 4.06. The van der Waals surface area contributed by atoms with E-state index in [1.165, 1.54) is 18.2 Å². The lowest BCUT2D eigenvalue weighted by atomic mass is 10.00. The molecule has 1 aliphatic rings. The van der Waals surface area contributed by atoms with Gasteiger partial charge in [-0.15, -0.1) is 0 Å². The first-order valence-corrected chi connectivity index (χ1v) is 8.53. The predicted molar refractivity (Wildman–Crippen MR) is 90.5 cm³/mol. The van der Waals surface area contributed by atoms with Crippen LogP contribution in [-0.4, -0.2) is 30.6 Å². The summed E-state index contributed by atoms with van der Waals surface area (Å²) in [6.45, 7) is 1.45. The second-order valence-corrected chi connectivity index (χ2v) is 6.39. The van der Waals surface area contributed by atoms with E-state index in [0.29, 0.717) is 13.2 Å². The zero-order chi connectivity index (χ0) is 19.4. The van der Waals surface area contributed by atoms with E-state index in [0.717, 1.165) is 31.2 Å². The molecule has 0 saturated carbocycles. The maximum atomic E-state index is 13.5. The molecule has 144 valence electrons. The van der Waals surface area contributed by atoms with Gasteiger partial charge >= 0.3 is 6.18 Å². The molecule has 1 aromatic carbocycles. The number of carbonyl (C=O) groups excluding carboxylic acids is 1. The van der Waals surface area contributed by atoms with Crippen LogP contribution >= 0.6 is 0 Å². The normalized spacial score (nSPS) is 15.6. The molecule has 1 fully saturated rings. The maximum Gasteiger partial charge on any atom is 0.417 e. The third-order valence-electron chi connectivity index (χ3n) is 4.47. The molecule has 1 aliphatic heterocycles. The number of hydrogen-bond donors (Lipinski definition) is 1. The molecule has 3 rings (SSSR count). The average molecular weight is 382 g/mol. The van der Waals surface area contributed by atoms with E-state index < -0.39 is 29.0 Å². The molecule has 27 heavy (non-hydrogen) atoms. The van der Waals surface area contributed by atoms with Gasteiger partial charge in [-0.2, -0.15) is 13.2 Å². The molecule has 1 aromatic heterocycles. The molecule has 0 aliphatic carbocycles. The first-order valence-electron chi connectivity index (χ1n) is 8.53. The molecule has 4 nitrogen and oxygen atoms in total. The Balaban J connectivity index is 1.84. The van der Waals surface area contributed by atoms with Gasteiger partial charge in [0.15, 0.2) is 0 Å². The summed E-state index contributed by atoms with van der Waals surface area (Å²) in [6.07, 6.45) is -2.34. The number of benzene rings is 1. The van der Waals surface area contributed by atoms with Gasteiger partial charge in [0.25, 0.3) is 5.91 Å². The van der Waals surface area contributed by atoms with Crippen LogP contribution in [0.3, 0.4) is 0 Å². The molecular weight excluding hydrogens is 364 g/mol. The number of hydrogen-bond acceptors (Lipinski definition) is 3. The Morgan fingerprint density at radius 1 is 1.22 bits per heavy atom. The third-order valence-corrected chi connectivity index (χ3v) is 4.47. The molecule has 0 atom stereocenters. The van der Waals surface area contributed by atoms with Crippen LogP contribution in [0, 0.1) is 11.7 Å². The summed E-state index contributed by atoms with van der Waals surface area (Å²) in [7, 11) is 0. The molecule has 8 heteroatoms. The zero-order valence-corrected chi connectivity index (χ0v) is 14.4. The lowest BCUT2D eigenvalue weighted by Gasteiger charge is -2.22. The minimum atomic E-state index is -4.74. The Morgan fingerprint density at radius 3 is 2.63 bits per heavy atom.